The SMILES string of the molecule is O=c1n(CCSc2ccccc2)nc2n1CCCC2. The molecular formula is C14H17N3OS. The van der Waals surface area contributed by atoms with Crippen LogP contribution < -0.4 is 5.69 Å². The lowest BCUT2D eigenvalue weighted by atomic mass is 10.2. The highest BCUT2D eigenvalue weighted by Gasteiger charge is 2.16. The molecule has 2 heterocycles. The van der Waals surface area contributed by atoms with E-state index in [0.29, 0.717) is 6.54 Å². The van der Waals surface area contributed by atoms with Crippen molar-refractivity contribution in [3.05, 3.63) is 46.6 Å². The van der Waals surface area contributed by atoms with Crippen molar-refractivity contribution < 1.29 is 0 Å². The molecule has 19 heavy (non-hydrogen) atoms. The number of thioether (sulfide) groups is 1. The molecule has 0 fully saturated rings. The highest BCUT2D eigenvalue weighted by Crippen LogP contribution is 2.17. The molecule has 0 spiro atoms. The van der Waals surface area contributed by atoms with E-state index in [9.17, 15) is 4.79 Å². The highest BCUT2D eigenvalue weighted by atomic mass is 32.2. The third-order valence-electron chi connectivity index (χ3n) is 3.35. The van der Waals surface area contributed by atoms with Crippen molar-refractivity contribution in [2.24, 2.45) is 0 Å². The Bertz CT molecular complexity index is 603. The van der Waals surface area contributed by atoms with Gasteiger partial charge in [-0.05, 0) is 25.0 Å². The van der Waals surface area contributed by atoms with Gasteiger partial charge in [-0.3, -0.25) is 4.57 Å². The molecule has 3 rings (SSSR count). The predicted octanol–water partition coefficient (Wildman–Crippen LogP) is 2.17. The van der Waals surface area contributed by atoms with Crippen molar-refractivity contribution >= 4 is 11.8 Å². The van der Waals surface area contributed by atoms with Crippen LogP contribution in [0.1, 0.15) is 18.7 Å². The molecule has 0 aliphatic carbocycles. The third kappa shape index (κ3) is 2.76. The minimum atomic E-state index is 0.0587. The first-order chi connectivity index (χ1) is 9.34. The van der Waals surface area contributed by atoms with Gasteiger partial charge in [0, 0.05) is 23.6 Å². The summed E-state index contributed by atoms with van der Waals surface area (Å²) < 4.78 is 3.45. The van der Waals surface area contributed by atoms with Gasteiger partial charge < -0.3 is 0 Å². The van der Waals surface area contributed by atoms with E-state index in [2.05, 4.69) is 17.2 Å². The number of hydrogen-bond donors (Lipinski definition) is 0. The Kier molecular flexibility index (Phi) is 3.73. The van der Waals surface area contributed by atoms with E-state index in [-0.39, 0.29) is 5.69 Å². The first-order valence-electron chi connectivity index (χ1n) is 6.69. The summed E-state index contributed by atoms with van der Waals surface area (Å²) in [6.07, 6.45) is 3.18. The predicted molar refractivity (Wildman–Crippen MR) is 76.6 cm³/mol. The summed E-state index contributed by atoms with van der Waals surface area (Å²) in [6.45, 7) is 1.51. The van der Waals surface area contributed by atoms with Crippen molar-refractivity contribution in [2.45, 2.75) is 37.2 Å². The molecule has 0 amide bonds. The Morgan fingerprint density at radius 2 is 2.05 bits per heavy atom. The fraction of sp³-hybridized carbons (Fsp3) is 0.429. The topological polar surface area (TPSA) is 39.8 Å². The van der Waals surface area contributed by atoms with Gasteiger partial charge in [-0.15, -0.1) is 11.8 Å². The molecule has 100 valence electrons. The fourth-order valence-corrected chi connectivity index (χ4v) is 3.21. The van der Waals surface area contributed by atoms with Gasteiger partial charge >= 0.3 is 5.69 Å². The Labute approximate surface area is 116 Å². The lowest BCUT2D eigenvalue weighted by molar-refractivity contribution is 0.511. The zero-order valence-corrected chi connectivity index (χ0v) is 11.6. The number of aromatic nitrogens is 3. The molecular weight excluding hydrogens is 258 g/mol. The van der Waals surface area contributed by atoms with Crippen molar-refractivity contribution in [1.29, 1.82) is 0 Å². The van der Waals surface area contributed by atoms with Gasteiger partial charge in [0.2, 0.25) is 0 Å². The molecule has 1 aromatic heterocycles. The molecule has 2 aromatic rings. The van der Waals surface area contributed by atoms with E-state index in [1.807, 2.05) is 22.8 Å². The normalized spacial score (nSPS) is 14.3. The van der Waals surface area contributed by atoms with Crippen molar-refractivity contribution in [1.82, 2.24) is 14.3 Å². The molecule has 1 aliphatic rings. The lowest BCUT2D eigenvalue weighted by Crippen LogP contribution is -2.27. The average Bonchev–Trinajstić information content (AvgIpc) is 2.78. The third-order valence-corrected chi connectivity index (χ3v) is 4.34. The first-order valence-corrected chi connectivity index (χ1v) is 7.67. The summed E-state index contributed by atoms with van der Waals surface area (Å²) in [6, 6.07) is 10.3. The molecule has 0 saturated carbocycles. The van der Waals surface area contributed by atoms with Crippen molar-refractivity contribution in [2.75, 3.05) is 5.75 Å². The van der Waals surface area contributed by atoms with Crippen LogP contribution in [-0.2, 0) is 19.5 Å². The Morgan fingerprint density at radius 3 is 2.84 bits per heavy atom. The van der Waals surface area contributed by atoms with E-state index >= 15 is 0 Å². The zero-order chi connectivity index (χ0) is 13.1. The van der Waals surface area contributed by atoms with Gasteiger partial charge in [-0.25, -0.2) is 9.48 Å². The molecule has 5 heteroatoms. The maximum absolute atomic E-state index is 12.1. The maximum atomic E-state index is 12.1. The van der Waals surface area contributed by atoms with Gasteiger partial charge in [-0.2, -0.15) is 5.10 Å². The summed E-state index contributed by atoms with van der Waals surface area (Å²) in [5.74, 6) is 1.83. The van der Waals surface area contributed by atoms with Crippen LogP contribution in [0.15, 0.2) is 40.0 Å². The number of fused-ring (bicyclic) bond motifs is 1. The quantitative estimate of drug-likeness (QED) is 0.803. The lowest BCUT2D eigenvalue weighted by Gasteiger charge is -2.09. The second-order valence-electron chi connectivity index (χ2n) is 4.69. The molecule has 0 unspecified atom stereocenters. The van der Waals surface area contributed by atoms with Crippen LogP contribution in [0.25, 0.3) is 0 Å². The van der Waals surface area contributed by atoms with E-state index in [1.54, 1.807) is 16.4 Å². The summed E-state index contributed by atoms with van der Waals surface area (Å²) >= 11 is 1.76. The minimum Gasteiger partial charge on any atom is -0.279 e. The van der Waals surface area contributed by atoms with Crippen LogP contribution in [-0.4, -0.2) is 20.1 Å². The molecule has 0 radical (unpaired) electrons. The second-order valence-corrected chi connectivity index (χ2v) is 5.86. The maximum Gasteiger partial charge on any atom is 0.345 e. The van der Waals surface area contributed by atoms with Crippen LogP contribution in [0.5, 0.6) is 0 Å². The molecule has 0 bridgehead atoms. The second kappa shape index (κ2) is 5.65. The van der Waals surface area contributed by atoms with E-state index in [1.165, 1.54) is 4.90 Å². The number of aryl methyl sites for hydroxylation is 2. The Hall–Kier alpha value is -1.49. The Morgan fingerprint density at radius 1 is 1.21 bits per heavy atom. The first kappa shape index (κ1) is 12.5. The number of nitrogens with zero attached hydrogens (tertiary/aromatic N) is 3. The van der Waals surface area contributed by atoms with Crippen LogP contribution in [0, 0.1) is 0 Å². The fourth-order valence-electron chi connectivity index (χ4n) is 2.36. The van der Waals surface area contributed by atoms with Crippen LogP contribution in [0.4, 0.5) is 0 Å². The molecule has 0 saturated heterocycles. The summed E-state index contributed by atoms with van der Waals surface area (Å²) in [5, 5.41) is 4.44. The Balaban J connectivity index is 1.64. The van der Waals surface area contributed by atoms with Gasteiger partial charge in [-0.1, -0.05) is 18.2 Å². The summed E-state index contributed by atoms with van der Waals surface area (Å²) in [4.78, 5) is 13.3. The van der Waals surface area contributed by atoms with Gasteiger partial charge in [0.25, 0.3) is 0 Å². The zero-order valence-electron chi connectivity index (χ0n) is 10.8. The van der Waals surface area contributed by atoms with Gasteiger partial charge in [0.1, 0.15) is 5.82 Å². The molecule has 0 atom stereocenters. The summed E-state index contributed by atoms with van der Waals surface area (Å²) in [7, 11) is 0. The van der Waals surface area contributed by atoms with Crippen molar-refractivity contribution in [3.63, 3.8) is 0 Å². The molecule has 4 nitrogen and oxygen atoms in total. The summed E-state index contributed by atoms with van der Waals surface area (Å²) in [5.41, 5.74) is 0.0587. The molecule has 1 aliphatic heterocycles. The van der Waals surface area contributed by atoms with E-state index in [4.69, 9.17) is 0 Å². The number of benzene rings is 1. The molecule has 1 aromatic carbocycles. The van der Waals surface area contributed by atoms with Crippen LogP contribution in [0.2, 0.25) is 0 Å². The monoisotopic (exact) mass is 275 g/mol. The average molecular weight is 275 g/mol. The van der Waals surface area contributed by atoms with Crippen LogP contribution in [0.3, 0.4) is 0 Å². The molecule has 0 N–H and O–H groups in total. The standard InChI is InChI=1S/C14H17N3OS/c18-14-16-9-5-4-8-13(16)15-17(14)10-11-19-12-6-2-1-3-7-12/h1-3,6-7H,4-5,8-11H2. The van der Waals surface area contributed by atoms with Gasteiger partial charge in [0.15, 0.2) is 0 Å². The number of rotatable bonds is 4. The number of hydrogen-bond acceptors (Lipinski definition) is 3. The van der Waals surface area contributed by atoms with E-state index < -0.39 is 0 Å². The van der Waals surface area contributed by atoms with Crippen molar-refractivity contribution in [3.8, 4) is 0 Å². The largest absolute Gasteiger partial charge is 0.345 e. The van der Waals surface area contributed by atoms with Gasteiger partial charge in [0.05, 0.1) is 6.54 Å². The smallest absolute Gasteiger partial charge is 0.279 e. The minimum absolute atomic E-state index is 0.0587. The van der Waals surface area contributed by atoms with E-state index in [0.717, 1.165) is 37.4 Å². The highest BCUT2D eigenvalue weighted by molar-refractivity contribution is 7.99. The van der Waals surface area contributed by atoms with Crippen LogP contribution >= 0.6 is 11.8 Å².